The van der Waals surface area contributed by atoms with E-state index in [1.54, 1.807) is 48.7 Å². The number of benzene rings is 2. The summed E-state index contributed by atoms with van der Waals surface area (Å²) in [5, 5.41) is 7.58. The van der Waals surface area contributed by atoms with Gasteiger partial charge < -0.3 is 0 Å². The number of anilines is 1. The second kappa shape index (κ2) is 4.64. The van der Waals surface area contributed by atoms with Crippen molar-refractivity contribution in [1.82, 2.24) is 10.2 Å². The average Bonchev–Trinajstić information content (AvgIpc) is 2.86. The topological polar surface area (TPSA) is 74.8 Å². The fraction of sp³-hybridized carbons (Fsp3) is 0.0714. The molecular formula is C14H13N3O2S. The van der Waals surface area contributed by atoms with Gasteiger partial charge in [0, 0.05) is 11.1 Å². The number of nitrogens with zero attached hydrogens (tertiary/aromatic N) is 1. The van der Waals surface area contributed by atoms with Crippen LogP contribution in [0.25, 0.3) is 10.9 Å². The van der Waals surface area contributed by atoms with Crippen LogP contribution in [0.15, 0.2) is 53.6 Å². The first-order valence-electron chi connectivity index (χ1n) is 6.07. The van der Waals surface area contributed by atoms with Gasteiger partial charge in [0.25, 0.3) is 10.0 Å². The van der Waals surface area contributed by atoms with Crippen molar-refractivity contribution in [3.05, 3.63) is 54.2 Å². The van der Waals surface area contributed by atoms with E-state index in [9.17, 15) is 8.42 Å². The summed E-state index contributed by atoms with van der Waals surface area (Å²) in [4.78, 5) is 0.246. The lowest BCUT2D eigenvalue weighted by Crippen LogP contribution is -2.12. The van der Waals surface area contributed by atoms with Crippen LogP contribution < -0.4 is 4.72 Å². The number of H-pyrrole nitrogens is 1. The molecule has 0 spiro atoms. The summed E-state index contributed by atoms with van der Waals surface area (Å²) >= 11 is 0. The molecule has 20 heavy (non-hydrogen) atoms. The van der Waals surface area contributed by atoms with E-state index in [0.717, 1.165) is 16.5 Å². The second-order valence-corrected chi connectivity index (χ2v) is 6.27. The van der Waals surface area contributed by atoms with Crippen molar-refractivity contribution in [1.29, 1.82) is 0 Å². The highest BCUT2D eigenvalue weighted by atomic mass is 32.2. The van der Waals surface area contributed by atoms with Gasteiger partial charge in [-0.25, -0.2) is 8.42 Å². The Morgan fingerprint density at radius 1 is 1.10 bits per heavy atom. The van der Waals surface area contributed by atoms with Crippen molar-refractivity contribution in [3.63, 3.8) is 0 Å². The summed E-state index contributed by atoms with van der Waals surface area (Å²) in [6.45, 7) is 1.91. The van der Waals surface area contributed by atoms with E-state index < -0.39 is 10.0 Å². The van der Waals surface area contributed by atoms with Gasteiger partial charge in [-0.05, 0) is 37.3 Å². The van der Waals surface area contributed by atoms with Crippen molar-refractivity contribution in [2.75, 3.05) is 4.72 Å². The minimum Gasteiger partial charge on any atom is -0.280 e. The van der Waals surface area contributed by atoms with Crippen molar-refractivity contribution in [2.45, 2.75) is 11.8 Å². The molecule has 0 radical (unpaired) electrons. The Morgan fingerprint density at radius 3 is 2.60 bits per heavy atom. The Bertz CT molecular complexity index is 852. The number of fused-ring (bicyclic) bond motifs is 1. The van der Waals surface area contributed by atoms with Crippen LogP contribution in [0.5, 0.6) is 0 Å². The Morgan fingerprint density at radius 2 is 1.85 bits per heavy atom. The van der Waals surface area contributed by atoms with Gasteiger partial charge in [0.2, 0.25) is 0 Å². The average molecular weight is 287 g/mol. The minimum atomic E-state index is -3.56. The van der Waals surface area contributed by atoms with Crippen LogP contribution >= 0.6 is 0 Å². The van der Waals surface area contributed by atoms with Crippen LogP contribution in [0.3, 0.4) is 0 Å². The van der Waals surface area contributed by atoms with Gasteiger partial charge in [0.15, 0.2) is 0 Å². The molecule has 0 aliphatic rings. The molecule has 2 aromatic carbocycles. The SMILES string of the molecule is Cc1ccc(S(=O)(=O)Nc2ccc3[nH]ncc3c2)cc1. The summed E-state index contributed by atoms with van der Waals surface area (Å²) in [5.41, 5.74) is 2.39. The first kappa shape index (κ1) is 12.7. The number of hydrogen-bond donors (Lipinski definition) is 2. The molecule has 0 aliphatic heterocycles. The molecule has 0 saturated heterocycles. The molecule has 0 amide bonds. The Hall–Kier alpha value is -2.34. The van der Waals surface area contributed by atoms with Gasteiger partial charge in [-0.15, -0.1) is 0 Å². The Labute approximate surface area is 116 Å². The number of aromatic amines is 1. The molecular weight excluding hydrogens is 274 g/mol. The molecule has 0 unspecified atom stereocenters. The van der Waals surface area contributed by atoms with Crippen molar-refractivity contribution in [3.8, 4) is 0 Å². The van der Waals surface area contributed by atoms with Gasteiger partial charge in [-0.1, -0.05) is 17.7 Å². The van der Waals surface area contributed by atoms with E-state index in [2.05, 4.69) is 14.9 Å². The predicted molar refractivity (Wildman–Crippen MR) is 78.1 cm³/mol. The summed E-state index contributed by atoms with van der Waals surface area (Å²) in [5.74, 6) is 0. The van der Waals surface area contributed by atoms with Crippen LogP contribution in [0.2, 0.25) is 0 Å². The maximum atomic E-state index is 12.3. The molecule has 0 fully saturated rings. The van der Waals surface area contributed by atoms with Gasteiger partial charge in [-0.2, -0.15) is 5.10 Å². The lowest BCUT2D eigenvalue weighted by atomic mass is 10.2. The maximum Gasteiger partial charge on any atom is 0.261 e. The highest BCUT2D eigenvalue weighted by Gasteiger charge is 2.14. The standard InChI is InChI=1S/C14H13N3O2S/c1-10-2-5-13(6-3-10)20(18,19)17-12-4-7-14-11(8-12)9-15-16-14/h2-9,17H,1H3,(H,15,16). The summed E-state index contributed by atoms with van der Waals surface area (Å²) in [6, 6.07) is 12.0. The van der Waals surface area contributed by atoms with Gasteiger partial charge >= 0.3 is 0 Å². The third-order valence-corrected chi connectivity index (χ3v) is 4.42. The first-order chi connectivity index (χ1) is 9.54. The fourth-order valence-electron chi connectivity index (χ4n) is 1.94. The molecule has 102 valence electrons. The molecule has 1 heterocycles. The molecule has 1 aromatic heterocycles. The van der Waals surface area contributed by atoms with Gasteiger partial charge in [-0.3, -0.25) is 9.82 Å². The monoisotopic (exact) mass is 287 g/mol. The van der Waals surface area contributed by atoms with Crippen LogP contribution in [-0.2, 0) is 10.0 Å². The number of hydrogen-bond acceptors (Lipinski definition) is 3. The number of sulfonamides is 1. The van der Waals surface area contributed by atoms with Gasteiger partial charge in [0.05, 0.1) is 16.6 Å². The highest BCUT2D eigenvalue weighted by Crippen LogP contribution is 2.20. The van der Waals surface area contributed by atoms with Crippen molar-refractivity contribution >= 4 is 26.6 Å². The molecule has 2 N–H and O–H groups in total. The van der Waals surface area contributed by atoms with Crippen LogP contribution in [0, 0.1) is 6.92 Å². The molecule has 3 aromatic rings. The normalized spacial score (nSPS) is 11.7. The molecule has 0 bridgehead atoms. The predicted octanol–water partition coefficient (Wildman–Crippen LogP) is 2.67. The zero-order valence-corrected chi connectivity index (χ0v) is 11.6. The zero-order valence-electron chi connectivity index (χ0n) is 10.8. The summed E-state index contributed by atoms with van der Waals surface area (Å²) < 4.78 is 27.1. The fourth-order valence-corrected chi connectivity index (χ4v) is 2.99. The molecule has 0 saturated carbocycles. The van der Waals surface area contributed by atoms with Gasteiger partial charge in [0.1, 0.15) is 0 Å². The molecule has 5 nitrogen and oxygen atoms in total. The molecule has 0 aliphatic carbocycles. The lowest BCUT2D eigenvalue weighted by molar-refractivity contribution is 0.601. The first-order valence-corrected chi connectivity index (χ1v) is 7.55. The van der Waals surface area contributed by atoms with E-state index in [1.807, 2.05) is 6.92 Å². The van der Waals surface area contributed by atoms with Crippen molar-refractivity contribution < 1.29 is 8.42 Å². The van der Waals surface area contributed by atoms with Crippen molar-refractivity contribution in [2.24, 2.45) is 0 Å². The Kier molecular flexibility index (Phi) is 2.94. The number of aromatic nitrogens is 2. The maximum absolute atomic E-state index is 12.3. The van der Waals surface area contributed by atoms with E-state index in [1.165, 1.54) is 0 Å². The summed E-state index contributed by atoms with van der Waals surface area (Å²) in [6.07, 6.45) is 1.65. The number of nitrogens with one attached hydrogen (secondary N) is 2. The third kappa shape index (κ3) is 2.37. The second-order valence-electron chi connectivity index (χ2n) is 4.59. The molecule has 6 heteroatoms. The Balaban J connectivity index is 1.94. The third-order valence-electron chi connectivity index (χ3n) is 3.02. The largest absolute Gasteiger partial charge is 0.280 e. The number of rotatable bonds is 3. The van der Waals surface area contributed by atoms with Crippen LogP contribution in [0.1, 0.15) is 5.56 Å². The smallest absolute Gasteiger partial charge is 0.261 e. The minimum absolute atomic E-state index is 0.246. The van der Waals surface area contributed by atoms with E-state index in [0.29, 0.717) is 5.69 Å². The molecule has 3 rings (SSSR count). The van der Waals surface area contributed by atoms with E-state index in [-0.39, 0.29) is 4.90 Å². The van der Waals surface area contributed by atoms with Crippen LogP contribution in [0.4, 0.5) is 5.69 Å². The van der Waals surface area contributed by atoms with E-state index >= 15 is 0 Å². The van der Waals surface area contributed by atoms with E-state index in [4.69, 9.17) is 0 Å². The quantitative estimate of drug-likeness (QED) is 0.777. The zero-order chi connectivity index (χ0) is 14.2. The highest BCUT2D eigenvalue weighted by molar-refractivity contribution is 7.92. The summed E-state index contributed by atoms with van der Waals surface area (Å²) in [7, 11) is -3.56. The van der Waals surface area contributed by atoms with Crippen LogP contribution in [-0.4, -0.2) is 18.6 Å². The molecule has 0 atom stereocenters. The lowest BCUT2D eigenvalue weighted by Gasteiger charge is -2.08. The number of aryl methyl sites for hydroxylation is 1.